The van der Waals surface area contributed by atoms with Gasteiger partial charge < -0.3 is 11.5 Å². The molecule has 0 fully saturated rings. The third kappa shape index (κ3) is 5.79. The van der Waals surface area contributed by atoms with Crippen LogP contribution in [-0.2, 0) is 6.54 Å². The van der Waals surface area contributed by atoms with E-state index in [-0.39, 0.29) is 17.2 Å². The summed E-state index contributed by atoms with van der Waals surface area (Å²) in [5.74, 6) is -0.900. The molecule has 7 heteroatoms. The highest BCUT2D eigenvalue weighted by atomic mass is 79.9. The fourth-order valence-electron chi connectivity index (χ4n) is 3.24. The summed E-state index contributed by atoms with van der Waals surface area (Å²) in [4.78, 5) is 11.9. The quantitative estimate of drug-likeness (QED) is 0.468. The zero-order valence-electron chi connectivity index (χ0n) is 15.8. The smallest absolute Gasteiger partial charge is 0.254 e. The van der Waals surface area contributed by atoms with Crippen LogP contribution in [0.3, 0.4) is 0 Å². The molecule has 1 aromatic carbocycles. The highest BCUT2D eigenvalue weighted by molar-refractivity contribution is 9.10. The number of aromatic nitrogens is 2. The average Bonchev–Trinajstić information content (AvgIpc) is 2.93. The third-order valence-corrected chi connectivity index (χ3v) is 5.29. The number of nitrogens with two attached hydrogens (primary N) is 2. The largest absolute Gasteiger partial charge is 0.382 e. The minimum absolute atomic E-state index is 0.105. The highest BCUT2D eigenvalue weighted by Gasteiger charge is 2.23. The van der Waals surface area contributed by atoms with E-state index in [1.54, 1.807) is 10.7 Å². The third-order valence-electron chi connectivity index (χ3n) is 4.64. The molecule has 0 spiro atoms. The number of nitrogen functional groups attached to an aromatic ring is 1. The van der Waals surface area contributed by atoms with Gasteiger partial charge in [-0.1, -0.05) is 51.9 Å². The van der Waals surface area contributed by atoms with Crippen molar-refractivity contribution in [2.24, 2.45) is 5.73 Å². The van der Waals surface area contributed by atoms with Gasteiger partial charge in [0.2, 0.25) is 0 Å². The van der Waals surface area contributed by atoms with E-state index in [0.29, 0.717) is 22.3 Å². The number of benzene rings is 1. The minimum Gasteiger partial charge on any atom is -0.382 e. The zero-order valence-corrected chi connectivity index (χ0v) is 17.4. The van der Waals surface area contributed by atoms with E-state index >= 15 is 0 Å². The van der Waals surface area contributed by atoms with Crippen molar-refractivity contribution in [3.63, 3.8) is 0 Å². The van der Waals surface area contributed by atoms with E-state index in [4.69, 9.17) is 11.5 Å². The number of carbonyl (C=O) groups excluding carboxylic acids is 1. The monoisotopic (exact) mass is 438 g/mol. The SMILES string of the molecule is CCCCCCCCCCn1nc(N)c(C(N)=O)c1-c1ccc(F)cc1Br. The normalized spacial score (nSPS) is 11.1. The van der Waals surface area contributed by atoms with Gasteiger partial charge in [0.05, 0.1) is 5.69 Å². The molecule has 0 aliphatic carbocycles. The van der Waals surface area contributed by atoms with E-state index in [1.807, 2.05) is 0 Å². The molecule has 0 radical (unpaired) electrons. The summed E-state index contributed by atoms with van der Waals surface area (Å²) < 4.78 is 15.7. The molecule has 0 unspecified atom stereocenters. The maximum Gasteiger partial charge on any atom is 0.254 e. The summed E-state index contributed by atoms with van der Waals surface area (Å²) in [5, 5.41) is 4.31. The van der Waals surface area contributed by atoms with Crippen LogP contribution < -0.4 is 11.5 Å². The number of nitrogens with zero attached hydrogens (tertiary/aromatic N) is 2. The van der Waals surface area contributed by atoms with Gasteiger partial charge >= 0.3 is 0 Å². The second-order valence-corrected chi connectivity index (χ2v) is 7.65. The summed E-state index contributed by atoms with van der Waals surface area (Å²) in [6, 6.07) is 4.30. The van der Waals surface area contributed by atoms with Crippen molar-refractivity contribution in [2.45, 2.75) is 64.8 Å². The first kappa shape index (κ1) is 21.4. The van der Waals surface area contributed by atoms with E-state index in [0.717, 1.165) is 12.8 Å². The second kappa shape index (κ2) is 10.4. The number of carbonyl (C=O) groups is 1. The Kier molecular flexibility index (Phi) is 8.28. The summed E-state index contributed by atoms with van der Waals surface area (Å²) in [7, 11) is 0. The minimum atomic E-state index is -0.638. The molecular formula is C20H28BrFN4O. The molecule has 0 saturated heterocycles. The van der Waals surface area contributed by atoms with Crippen molar-refractivity contribution < 1.29 is 9.18 Å². The fraction of sp³-hybridized carbons (Fsp3) is 0.500. The molecule has 0 saturated carbocycles. The number of unbranched alkanes of at least 4 members (excludes halogenated alkanes) is 7. The van der Waals surface area contributed by atoms with Crippen LogP contribution in [0.25, 0.3) is 11.3 Å². The van der Waals surface area contributed by atoms with Gasteiger partial charge in [0.15, 0.2) is 5.82 Å². The molecular weight excluding hydrogens is 411 g/mol. The number of rotatable bonds is 11. The Morgan fingerprint density at radius 3 is 2.37 bits per heavy atom. The van der Waals surface area contributed by atoms with Gasteiger partial charge in [-0.2, -0.15) is 5.10 Å². The van der Waals surface area contributed by atoms with Crippen molar-refractivity contribution in [1.82, 2.24) is 9.78 Å². The number of hydrogen-bond acceptors (Lipinski definition) is 3. The van der Waals surface area contributed by atoms with Crippen molar-refractivity contribution in [1.29, 1.82) is 0 Å². The van der Waals surface area contributed by atoms with Gasteiger partial charge in [-0.05, 0) is 40.5 Å². The van der Waals surface area contributed by atoms with Gasteiger partial charge in [0.25, 0.3) is 5.91 Å². The number of anilines is 1. The molecule has 0 aliphatic rings. The molecule has 148 valence electrons. The van der Waals surface area contributed by atoms with Crippen LogP contribution in [-0.4, -0.2) is 15.7 Å². The molecule has 2 rings (SSSR count). The highest BCUT2D eigenvalue weighted by Crippen LogP contribution is 2.34. The predicted molar refractivity (Wildman–Crippen MR) is 111 cm³/mol. The molecule has 0 aliphatic heterocycles. The Balaban J connectivity index is 2.10. The van der Waals surface area contributed by atoms with Crippen LogP contribution in [0.4, 0.5) is 10.2 Å². The van der Waals surface area contributed by atoms with E-state index < -0.39 is 5.91 Å². The molecule has 5 nitrogen and oxygen atoms in total. The second-order valence-electron chi connectivity index (χ2n) is 6.80. The van der Waals surface area contributed by atoms with E-state index in [9.17, 15) is 9.18 Å². The molecule has 4 N–H and O–H groups in total. The topological polar surface area (TPSA) is 86.9 Å². The molecule has 0 bridgehead atoms. The number of halogens is 2. The lowest BCUT2D eigenvalue weighted by atomic mass is 10.1. The van der Waals surface area contributed by atoms with E-state index in [2.05, 4.69) is 28.0 Å². The molecule has 1 amide bonds. The van der Waals surface area contributed by atoms with Crippen molar-refractivity contribution >= 4 is 27.7 Å². The Labute approximate surface area is 168 Å². The predicted octanol–water partition coefficient (Wildman–Crippen LogP) is 5.27. The molecule has 1 heterocycles. The molecule has 27 heavy (non-hydrogen) atoms. The van der Waals surface area contributed by atoms with E-state index in [1.165, 1.54) is 50.7 Å². The number of hydrogen-bond donors (Lipinski definition) is 2. The first-order valence-electron chi connectivity index (χ1n) is 9.57. The lowest BCUT2D eigenvalue weighted by Crippen LogP contribution is -2.14. The van der Waals surface area contributed by atoms with Gasteiger partial charge in [-0.15, -0.1) is 0 Å². The Bertz CT molecular complexity index is 776. The zero-order chi connectivity index (χ0) is 19.8. The van der Waals surface area contributed by atoms with Gasteiger partial charge in [-0.3, -0.25) is 9.48 Å². The molecule has 0 atom stereocenters. The van der Waals surface area contributed by atoms with Gasteiger partial charge in [-0.25, -0.2) is 4.39 Å². The van der Waals surface area contributed by atoms with Crippen LogP contribution >= 0.6 is 15.9 Å². The Hall–Kier alpha value is -1.89. The summed E-state index contributed by atoms with van der Waals surface area (Å²) in [6.07, 6.45) is 9.58. The Morgan fingerprint density at radius 1 is 1.15 bits per heavy atom. The number of primary amides is 1. The van der Waals surface area contributed by atoms with Crippen LogP contribution in [0.5, 0.6) is 0 Å². The number of aryl methyl sites for hydroxylation is 1. The Morgan fingerprint density at radius 2 is 1.78 bits per heavy atom. The summed E-state index contributed by atoms with van der Waals surface area (Å²) in [6.45, 7) is 2.85. The van der Waals surface area contributed by atoms with Crippen molar-refractivity contribution in [2.75, 3.05) is 5.73 Å². The fourth-order valence-corrected chi connectivity index (χ4v) is 3.77. The average molecular weight is 439 g/mol. The molecule has 1 aromatic heterocycles. The first-order valence-corrected chi connectivity index (χ1v) is 10.4. The van der Waals surface area contributed by atoms with Crippen molar-refractivity contribution in [3.8, 4) is 11.3 Å². The molecule has 2 aromatic rings. The van der Waals surface area contributed by atoms with Crippen molar-refractivity contribution in [3.05, 3.63) is 34.1 Å². The first-order chi connectivity index (χ1) is 13.0. The summed E-state index contributed by atoms with van der Waals surface area (Å²) >= 11 is 3.36. The maximum absolute atomic E-state index is 13.5. The van der Waals surface area contributed by atoms with Crippen LogP contribution in [0.2, 0.25) is 0 Å². The van der Waals surface area contributed by atoms with Crippen LogP contribution in [0, 0.1) is 5.82 Å². The van der Waals surface area contributed by atoms with Gasteiger partial charge in [0, 0.05) is 16.6 Å². The lowest BCUT2D eigenvalue weighted by Gasteiger charge is -2.11. The van der Waals surface area contributed by atoms with Crippen LogP contribution in [0.1, 0.15) is 68.6 Å². The van der Waals surface area contributed by atoms with Crippen LogP contribution in [0.15, 0.2) is 22.7 Å². The maximum atomic E-state index is 13.5. The number of amides is 1. The van der Waals surface area contributed by atoms with Gasteiger partial charge in [0.1, 0.15) is 11.4 Å². The lowest BCUT2D eigenvalue weighted by molar-refractivity contribution is 0.100. The summed E-state index contributed by atoms with van der Waals surface area (Å²) in [5.41, 5.74) is 12.8. The standard InChI is InChI=1S/C20H28BrFN4O/c1-2-3-4-5-6-7-8-9-12-26-18(17(20(24)27)19(23)25-26)15-11-10-14(22)13-16(15)21/h10-11,13H,2-9,12H2,1H3,(H2,23,25)(H2,24,27).